The average molecular weight is 406 g/mol. The Morgan fingerprint density at radius 3 is 1.69 bits per heavy atom. The number of anilines is 2. The lowest BCUT2D eigenvalue weighted by molar-refractivity contribution is 0.101. The highest BCUT2D eigenvalue weighted by atomic mass is 19.2. The third-order valence-electron chi connectivity index (χ3n) is 3.85. The van der Waals surface area contributed by atoms with Crippen molar-refractivity contribution in [3.05, 3.63) is 94.8 Å². The zero-order valence-electron chi connectivity index (χ0n) is 14.4. The number of amides is 2. The molecule has 4 nitrogen and oxygen atoms in total. The van der Waals surface area contributed by atoms with Gasteiger partial charge in [-0.1, -0.05) is 0 Å². The summed E-state index contributed by atoms with van der Waals surface area (Å²) >= 11 is 0. The number of carbonyl (C=O) groups excluding carboxylic acids is 2. The van der Waals surface area contributed by atoms with Gasteiger partial charge in [0.25, 0.3) is 11.8 Å². The second kappa shape index (κ2) is 8.09. The number of nitrogens with one attached hydrogen (secondary N) is 2. The summed E-state index contributed by atoms with van der Waals surface area (Å²) in [5.41, 5.74) is -0.323. The standard InChI is InChI=1S/C20H11F5N2O2/c21-11-3-1-10(2-4-11)19(28)26-12-5-7-13(8-6-12)27-20(29)14-9-15(22)17(24)18(25)16(14)23/h1-9H,(H,26,28)(H,27,29). The van der Waals surface area contributed by atoms with Crippen LogP contribution in [0.15, 0.2) is 54.6 Å². The second-order valence-corrected chi connectivity index (χ2v) is 5.84. The normalized spacial score (nSPS) is 10.5. The third-order valence-corrected chi connectivity index (χ3v) is 3.85. The molecular weight excluding hydrogens is 395 g/mol. The van der Waals surface area contributed by atoms with Crippen molar-refractivity contribution < 1.29 is 31.5 Å². The van der Waals surface area contributed by atoms with Gasteiger partial charge >= 0.3 is 0 Å². The van der Waals surface area contributed by atoms with Crippen LogP contribution in [0.1, 0.15) is 20.7 Å². The van der Waals surface area contributed by atoms with Crippen LogP contribution in [0.25, 0.3) is 0 Å². The monoisotopic (exact) mass is 406 g/mol. The predicted octanol–water partition coefficient (Wildman–Crippen LogP) is 4.89. The Labute approximate surface area is 161 Å². The highest BCUT2D eigenvalue weighted by molar-refractivity contribution is 6.05. The van der Waals surface area contributed by atoms with Crippen molar-refractivity contribution in [2.24, 2.45) is 0 Å². The third kappa shape index (κ3) is 4.40. The van der Waals surface area contributed by atoms with Gasteiger partial charge in [0.05, 0.1) is 5.56 Å². The van der Waals surface area contributed by atoms with E-state index in [1.165, 1.54) is 36.4 Å². The largest absolute Gasteiger partial charge is 0.322 e. The lowest BCUT2D eigenvalue weighted by Crippen LogP contribution is -2.16. The van der Waals surface area contributed by atoms with E-state index in [-0.39, 0.29) is 17.3 Å². The number of hydrogen-bond acceptors (Lipinski definition) is 2. The average Bonchev–Trinajstić information content (AvgIpc) is 2.71. The zero-order valence-corrected chi connectivity index (χ0v) is 14.4. The van der Waals surface area contributed by atoms with E-state index in [9.17, 15) is 31.5 Å². The molecule has 0 atom stereocenters. The Morgan fingerprint density at radius 2 is 1.14 bits per heavy atom. The first-order valence-electron chi connectivity index (χ1n) is 8.07. The van der Waals surface area contributed by atoms with Crippen LogP contribution in [0, 0.1) is 29.1 Å². The molecule has 0 saturated carbocycles. The molecule has 0 heterocycles. The minimum absolute atomic E-state index is 0.124. The summed E-state index contributed by atoms with van der Waals surface area (Å²) in [6.45, 7) is 0. The van der Waals surface area contributed by atoms with Crippen molar-refractivity contribution in [2.75, 3.05) is 10.6 Å². The van der Waals surface area contributed by atoms with Crippen molar-refractivity contribution in [3.63, 3.8) is 0 Å². The first-order chi connectivity index (χ1) is 13.8. The van der Waals surface area contributed by atoms with Crippen LogP contribution in [-0.4, -0.2) is 11.8 Å². The van der Waals surface area contributed by atoms with Crippen molar-refractivity contribution >= 4 is 23.2 Å². The highest BCUT2D eigenvalue weighted by Crippen LogP contribution is 2.21. The van der Waals surface area contributed by atoms with Gasteiger partial charge in [-0.15, -0.1) is 0 Å². The summed E-state index contributed by atoms with van der Waals surface area (Å²) in [5, 5.41) is 4.75. The van der Waals surface area contributed by atoms with Gasteiger partial charge in [-0.05, 0) is 54.6 Å². The van der Waals surface area contributed by atoms with E-state index in [0.29, 0.717) is 5.69 Å². The van der Waals surface area contributed by atoms with Gasteiger partial charge < -0.3 is 10.6 Å². The van der Waals surface area contributed by atoms with Crippen LogP contribution >= 0.6 is 0 Å². The van der Waals surface area contributed by atoms with E-state index in [4.69, 9.17) is 0 Å². The van der Waals surface area contributed by atoms with Crippen molar-refractivity contribution in [3.8, 4) is 0 Å². The first-order valence-corrected chi connectivity index (χ1v) is 8.07. The molecule has 3 aromatic rings. The molecule has 2 amide bonds. The lowest BCUT2D eigenvalue weighted by atomic mass is 10.1. The molecule has 0 spiro atoms. The molecule has 3 aromatic carbocycles. The summed E-state index contributed by atoms with van der Waals surface area (Å²) in [6.07, 6.45) is 0. The van der Waals surface area contributed by atoms with Crippen molar-refractivity contribution in [1.29, 1.82) is 0 Å². The van der Waals surface area contributed by atoms with Gasteiger partial charge in [0, 0.05) is 16.9 Å². The van der Waals surface area contributed by atoms with Gasteiger partial charge in [-0.3, -0.25) is 9.59 Å². The van der Waals surface area contributed by atoms with Crippen LogP contribution < -0.4 is 10.6 Å². The number of benzene rings is 3. The second-order valence-electron chi connectivity index (χ2n) is 5.84. The van der Waals surface area contributed by atoms with Gasteiger partial charge in [0.15, 0.2) is 23.3 Å². The van der Waals surface area contributed by atoms with Crippen LogP contribution in [0.5, 0.6) is 0 Å². The Balaban J connectivity index is 1.70. The van der Waals surface area contributed by atoms with Gasteiger partial charge in [-0.25, -0.2) is 22.0 Å². The van der Waals surface area contributed by atoms with E-state index >= 15 is 0 Å². The fourth-order valence-electron chi connectivity index (χ4n) is 2.38. The molecule has 0 radical (unpaired) electrons. The summed E-state index contributed by atoms with van der Waals surface area (Å²) in [4.78, 5) is 24.1. The minimum Gasteiger partial charge on any atom is -0.322 e. The van der Waals surface area contributed by atoms with Gasteiger partial charge in [0.1, 0.15) is 5.82 Å². The Hall–Kier alpha value is -3.75. The Bertz CT molecular complexity index is 1080. The number of halogens is 5. The fraction of sp³-hybridized carbons (Fsp3) is 0. The summed E-state index contributed by atoms with van der Waals surface area (Å²) < 4.78 is 66.0. The molecule has 3 rings (SSSR count). The Morgan fingerprint density at radius 1 is 0.621 bits per heavy atom. The minimum atomic E-state index is -2.09. The molecule has 0 aliphatic heterocycles. The van der Waals surface area contributed by atoms with Crippen molar-refractivity contribution in [2.45, 2.75) is 0 Å². The van der Waals surface area contributed by atoms with Crippen LogP contribution in [-0.2, 0) is 0 Å². The molecule has 148 valence electrons. The molecule has 9 heteroatoms. The number of hydrogen-bond donors (Lipinski definition) is 2. The molecule has 29 heavy (non-hydrogen) atoms. The summed E-state index contributed by atoms with van der Waals surface area (Å²) in [7, 11) is 0. The van der Waals surface area contributed by atoms with E-state index in [1.54, 1.807) is 0 Å². The van der Waals surface area contributed by atoms with E-state index in [2.05, 4.69) is 10.6 Å². The molecule has 0 unspecified atom stereocenters. The Kier molecular flexibility index (Phi) is 5.58. The molecule has 0 aromatic heterocycles. The number of rotatable bonds is 4. The van der Waals surface area contributed by atoms with Crippen LogP contribution in [0.4, 0.5) is 33.3 Å². The van der Waals surface area contributed by atoms with Crippen molar-refractivity contribution in [1.82, 2.24) is 0 Å². The molecular formula is C20H11F5N2O2. The van der Waals surface area contributed by atoms with Crippen LogP contribution in [0.2, 0.25) is 0 Å². The molecule has 2 N–H and O–H groups in total. The molecule has 0 aliphatic rings. The zero-order chi connectivity index (χ0) is 21.1. The SMILES string of the molecule is O=C(Nc1ccc(NC(=O)c2cc(F)c(F)c(F)c2F)cc1)c1ccc(F)cc1. The molecule has 0 bridgehead atoms. The van der Waals surface area contributed by atoms with E-state index < -0.39 is 46.5 Å². The maximum absolute atomic E-state index is 13.7. The van der Waals surface area contributed by atoms with E-state index in [0.717, 1.165) is 12.1 Å². The molecule has 0 fully saturated rings. The molecule has 0 aliphatic carbocycles. The summed E-state index contributed by atoms with van der Waals surface area (Å²) in [6, 6.07) is 10.6. The lowest BCUT2D eigenvalue weighted by Gasteiger charge is -2.09. The topological polar surface area (TPSA) is 58.2 Å². The molecule has 0 saturated heterocycles. The van der Waals surface area contributed by atoms with Crippen LogP contribution in [0.3, 0.4) is 0 Å². The maximum atomic E-state index is 13.7. The van der Waals surface area contributed by atoms with Gasteiger partial charge in [0.2, 0.25) is 0 Å². The summed E-state index contributed by atoms with van der Waals surface area (Å²) in [5.74, 6) is -9.80. The fourth-order valence-corrected chi connectivity index (χ4v) is 2.38. The quantitative estimate of drug-likeness (QED) is 0.368. The van der Waals surface area contributed by atoms with E-state index in [1.807, 2.05) is 0 Å². The highest BCUT2D eigenvalue weighted by Gasteiger charge is 2.23. The first kappa shape index (κ1) is 20.0. The van der Waals surface area contributed by atoms with Gasteiger partial charge in [-0.2, -0.15) is 0 Å². The smallest absolute Gasteiger partial charge is 0.258 e. The number of carbonyl (C=O) groups is 2. The predicted molar refractivity (Wildman–Crippen MR) is 95.0 cm³/mol. The maximum Gasteiger partial charge on any atom is 0.258 e.